The maximum absolute atomic E-state index is 10.7. The van der Waals surface area contributed by atoms with E-state index in [2.05, 4.69) is 47.8 Å². The number of nitrogens with zero attached hydrogens (tertiary/aromatic N) is 1. The van der Waals surface area contributed by atoms with Crippen LogP contribution in [0.15, 0.2) is 21.1 Å². The molecular weight excluding hydrogens is 458 g/mol. The number of hydrogen-bond donors (Lipinski definition) is 0. The van der Waals surface area contributed by atoms with Crippen molar-refractivity contribution in [1.29, 1.82) is 0 Å². The van der Waals surface area contributed by atoms with Gasteiger partial charge in [-0.05, 0) is 44.7 Å². The molecule has 1 aromatic carbocycles. The van der Waals surface area contributed by atoms with Gasteiger partial charge >= 0.3 is 0 Å². The van der Waals surface area contributed by atoms with E-state index in [4.69, 9.17) is 4.74 Å². The monoisotopic (exact) mass is 471 g/mol. The molecule has 0 aliphatic heterocycles. The van der Waals surface area contributed by atoms with Gasteiger partial charge < -0.3 is 4.74 Å². The number of nitro groups is 1. The Kier molecular flexibility index (Phi) is 8.72. The van der Waals surface area contributed by atoms with Crippen LogP contribution in [0.3, 0.4) is 0 Å². The zero-order valence-electron chi connectivity index (χ0n) is 10.9. The second-order valence-electron chi connectivity index (χ2n) is 4.30. The summed E-state index contributed by atoms with van der Waals surface area (Å²) in [5.74, 6) is 0.621. The lowest BCUT2D eigenvalue weighted by Crippen LogP contribution is -1.99. The molecule has 0 fully saturated rings. The number of rotatable bonds is 9. The second-order valence-corrected chi connectivity index (χ2v) is 6.80. The fourth-order valence-electron chi connectivity index (χ4n) is 1.69. The van der Waals surface area contributed by atoms with Crippen molar-refractivity contribution in [3.05, 3.63) is 31.2 Å². The molecule has 1 aromatic rings. The molecule has 0 bridgehead atoms. The molecule has 0 saturated carbocycles. The Labute approximate surface area is 143 Å². The smallest absolute Gasteiger partial charge is 0.271 e. The largest absolute Gasteiger partial charge is 0.491 e. The molecule has 0 unspecified atom stereocenters. The number of benzene rings is 1. The highest BCUT2D eigenvalue weighted by Crippen LogP contribution is 2.37. The summed E-state index contributed by atoms with van der Waals surface area (Å²) in [4.78, 5) is 10.3. The molecule has 0 amide bonds. The predicted octanol–water partition coefficient (Wildman–Crippen LogP) is 5.84. The molecule has 1 rings (SSSR count). The van der Waals surface area contributed by atoms with Crippen LogP contribution in [0.1, 0.15) is 32.1 Å². The average molecular weight is 474 g/mol. The quantitative estimate of drug-likeness (QED) is 0.196. The Hall–Kier alpha value is -0.140. The number of ether oxygens (including phenoxy) is 1. The van der Waals surface area contributed by atoms with Gasteiger partial charge in [0.05, 0.1) is 20.5 Å². The van der Waals surface area contributed by atoms with E-state index in [-0.39, 0.29) is 5.69 Å². The van der Waals surface area contributed by atoms with Crippen molar-refractivity contribution in [2.45, 2.75) is 32.1 Å². The fourth-order valence-corrected chi connectivity index (χ4v) is 3.48. The Morgan fingerprint density at radius 1 is 1.05 bits per heavy atom. The highest BCUT2D eigenvalue weighted by atomic mass is 79.9. The van der Waals surface area contributed by atoms with Crippen LogP contribution < -0.4 is 4.74 Å². The van der Waals surface area contributed by atoms with Crippen LogP contribution in [0.2, 0.25) is 0 Å². The van der Waals surface area contributed by atoms with Crippen molar-refractivity contribution in [3.8, 4) is 5.75 Å². The van der Waals surface area contributed by atoms with E-state index in [1.54, 1.807) is 0 Å². The van der Waals surface area contributed by atoms with Crippen LogP contribution in [0.5, 0.6) is 5.75 Å². The summed E-state index contributed by atoms with van der Waals surface area (Å²) >= 11 is 10.0. The standard InChI is InChI=1S/C13H16Br3NO3/c14-6-4-2-1-3-5-7-20-13-11(15)8-10(17(18)19)9-12(13)16/h8-9H,1-7H2. The minimum Gasteiger partial charge on any atom is -0.491 e. The first kappa shape index (κ1) is 17.9. The SMILES string of the molecule is O=[N+]([O-])c1cc(Br)c(OCCCCCCCBr)c(Br)c1. The summed E-state index contributed by atoms with van der Waals surface area (Å²) in [6.45, 7) is 0.614. The lowest BCUT2D eigenvalue weighted by atomic mass is 10.2. The Morgan fingerprint density at radius 2 is 1.60 bits per heavy atom. The van der Waals surface area contributed by atoms with Gasteiger partial charge in [-0.2, -0.15) is 0 Å². The van der Waals surface area contributed by atoms with Gasteiger partial charge in [0, 0.05) is 17.5 Å². The van der Waals surface area contributed by atoms with Crippen LogP contribution in [-0.4, -0.2) is 16.9 Å². The summed E-state index contributed by atoms with van der Waals surface area (Å²) < 4.78 is 6.87. The predicted molar refractivity (Wildman–Crippen MR) is 90.9 cm³/mol. The summed E-state index contributed by atoms with van der Waals surface area (Å²) in [7, 11) is 0. The molecule has 0 radical (unpaired) electrons. The Bertz CT molecular complexity index is 431. The van der Waals surface area contributed by atoms with Gasteiger partial charge in [0.15, 0.2) is 0 Å². The van der Waals surface area contributed by atoms with Gasteiger partial charge in [0.1, 0.15) is 5.75 Å². The van der Waals surface area contributed by atoms with E-state index in [1.807, 2.05) is 0 Å². The Morgan fingerprint density at radius 3 is 2.15 bits per heavy atom. The van der Waals surface area contributed by atoms with Crippen LogP contribution in [-0.2, 0) is 0 Å². The molecule has 20 heavy (non-hydrogen) atoms. The molecule has 0 aliphatic carbocycles. The van der Waals surface area contributed by atoms with Crippen molar-refractivity contribution in [3.63, 3.8) is 0 Å². The first-order valence-electron chi connectivity index (χ1n) is 6.38. The van der Waals surface area contributed by atoms with Crippen molar-refractivity contribution in [1.82, 2.24) is 0 Å². The Balaban J connectivity index is 2.42. The first-order chi connectivity index (χ1) is 9.56. The van der Waals surface area contributed by atoms with Gasteiger partial charge in [-0.15, -0.1) is 0 Å². The maximum Gasteiger partial charge on any atom is 0.271 e. The van der Waals surface area contributed by atoms with E-state index in [0.29, 0.717) is 21.3 Å². The zero-order chi connectivity index (χ0) is 15.0. The highest BCUT2D eigenvalue weighted by molar-refractivity contribution is 9.11. The maximum atomic E-state index is 10.7. The normalized spacial score (nSPS) is 10.6. The number of unbranched alkanes of at least 4 members (excludes halogenated alkanes) is 4. The molecule has 7 heteroatoms. The lowest BCUT2D eigenvalue weighted by Gasteiger charge is -2.10. The molecule has 0 N–H and O–H groups in total. The summed E-state index contributed by atoms with van der Waals surface area (Å²) in [5, 5.41) is 11.8. The molecule has 0 atom stereocenters. The average Bonchev–Trinajstić information content (AvgIpc) is 2.40. The number of non-ortho nitro benzene ring substituents is 1. The van der Waals surface area contributed by atoms with E-state index in [9.17, 15) is 10.1 Å². The molecule has 112 valence electrons. The second kappa shape index (κ2) is 9.73. The van der Waals surface area contributed by atoms with Gasteiger partial charge in [-0.1, -0.05) is 35.2 Å². The third kappa shape index (κ3) is 6.10. The molecule has 0 aromatic heterocycles. The van der Waals surface area contributed by atoms with Gasteiger partial charge in [-0.25, -0.2) is 0 Å². The van der Waals surface area contributed by atoms with E-state index < -0.39 is 4.92 Å². The van der Waals surface area contributed by atoms with Crippen LogP contribution >= 0.6 is 47.8 Å². The zero-order valence-corrected chi connectivity index (χ0v) is 15.7. The van der Waals surface area contributed by atoms with Crippen molar-refractivity contribution in [2.75, 3.05) is 11.9 Å². The minimum atomic E-state index is -0.427. The lowest BCUT2D eigenvalue weighted by molar-refractivity contribution is -0.385. The molecule has 0 heterocycles. The van der Waals surface area contributed by atoms with Crippen molar-refractivity contribution < 1.29 is 9.66 Å². The third-order valence-corrected chi connectivity index (χ3v) is 4.46. The number of halogens is 3. The number of nitro benzene ring substituents is 1. The van der Waals surface area contributed by atoms with Crippen LogP contribution in [0.25, 0.3) is 0 Å². The van der Waals surface area contributed by atoms with Gasteiger partial charge in [0.2, 0.25) is 0 Å². The van der Waals surface area contributed by atoms with Crippen LogP contribution in [0.4, 0.5) is 5.69 Å². The minimum absolute atomic E-state index is 0.0332. The van der Waals surface area contributed by atoms with E-state index in [1.165, 1.54) is 31.4 Å². The van der Waals surface area contributed by atoms with Crippen molar-refractivity contribution >= 4 is 53.5 Å². The molecule has 0 saturated heterocycles. The van der Waals surface area contributed by atoms with Gasteiger partial charge in [0.25, 0.3) is 5.69 Å². The molecule has 4 nitrogen and oxygen atoms in total. The summed E-state index contributed by atoms with van der Waals surface area (Å²) in [6.07, 6.45) is 5.77. The van der Waals surface area contributed by atoms with Crippen LogP contribution in [0, 0.1) is 10.1 Å². The first-order valence-corrected chi connectivity index (χ1v) is 9.09. The summed E-state index contributed by atoms with van der Waals surface area (Å²) in [5.41, 5.74) is 0.0332. The van der Waals surface area contributed by atoms with E-state index >= 15 is 0 Å². The number of hydrogen-bond acceptors (Lipinski definition) is 3. The number of alkyl halides is 1. The summed E-state index contributed by atoms with van der Waals surface area (Å²) in [6, 6.07) is 2.91. The molecule has 0 aliphatic rings. The topological polar surface area (TPSA) is 52.4 Å². The highest BCUT2D eigenvalue weighted by Gasteiger charge is 2.14. The fraction of sp³-hybridized carbons (Fsp3) is 0.538. The van der Waals surface area contributed by atoms with Crippen molar-refractivity contribution in [2.24, 2.45) is 0 Å². The third-order valence-electron chi connectivity index (χ3n) is 2.72. The van der Waals surface area contributed by atoms with Gasteiger partial charge in [-0.3, -0.25) is 10.1 Å². The molecule has 0 spiro atoms. The molecular formula is C13H16Br3NO3. The van der Waals surface area contributed by atoms with E-state index in [0.717, 1.165) is 18.2 Å².